The van der Waals surface area contributed by atoms with Gasteiger partial charge in [0.15, 0.2) is 0 Å². The molecule has 0 atom stereocenters. The van der Waals surface area contributed by atoms with E-state index >= 15 is 0 Å². The first-order valence-corrected chi connectivity index (χ1v) is 7.28. The zero-order chi connectivity index (χ0) is 12.4. The van der Waals surface area contributed by atoms with Crippen LogP contribution in [-0.4, -0.2) is 49.8 Å². The first-order valence-electron chi connectivity index (χ1n) is 5.67. The van der Waals surface area contributed by atoms with Gasteiger partial charge in [0.2, 0.25) is 10.0 Å². The van der Waals surface area contributed by atoms with Gasteiger partial charge in [-0.05, 0) is 20.3 Å². The third kappa shape index (κ3) is 3.41. The van der Waals surface area contributed by atoms with Gasteiger partial charge < -0.3 is 10.5 Å². The summed E-state index contributed by atoms with van der Waals surface area (Å²) in [4.78, 5) is 0. The lowest BCUT2D eigenvalue weighted by Gasteiger charge is -2.46. The normalized spacial score (nSPS) is 21.1. The van der Waals surface area contributed by atoms with Crippen LogP contribution in [0.25, 0.3) is 0 Å². The van der Waals surface area contributed by atoms with Crippen LogP contribution < -0.4 is 5.73 Å². The van der Waals surface area contributed by atoms with Crippen molar-refractivity contribution in [2.45, 2.75) is 38.8 Å². The SMILES string of the molecule is CCC1(N)CN(S(=O)(=O)CCOC(C)C)C1. The Balaban J connectivity index is 2.37. The number of hydrogen-bond acceptors (Lipinski definition) is 4. The summed E-state index contributed by atoms with van der Waals surface area (Å²) in [5.41, 5.74) is 5.62. The standard InChI is InChI=1S/C10H22N2O3S/c1-4-10(11)7-12(8-10)16(13,14)6-5-15-9(2)3/h9H,4-8,11H2,1-3H3. The molecule has 2 N–H and O–H groups in total. The van der Waals surface area contributed by atoms with E-state index in [1.807, 2.05) is 20.8 Å². The molecule has 1 fully saturated rings. The lowest BCUT2D eigenvalue weighted by atomic mass is 9.91. The molecule has 16 heavy (non-hydrogen) atoms. The summed E-state index contributed by atoms with van der Waals surface area (Å²) in [5.74, 6) is 0.0466. The first kappa shape index (κ1) is 13.9. The Kier molecular flexibility index (Phi) is 4.34. The summed E-state index contributed by atoms with van der Waals surface area (Å²) >= 11 is 0. The molecule has 1 heterocycles. The lowest BCUT2D eigenvalue weighted by Crippen LogP contribution is -2.68. The average Bonchev–Trinajstić information content (AvgIpc) is 2.11. The molecule has 0 radical (unpaired) electrons. The second-order valence-electron chi connectivity index (χ2n) is 4.72. The quantitative estimate of drug-likeness (QED) is 0.729. The second-order valence-corrected chi connectivity index (χ2v) is 6.81. The van der Waals surface area contributed by atoms with Crippen LogP contribution in [-0.2, 0) is 14.8 Å². The van der Waals surface area contributed by atoms with Crippen LogP contribution >= 0.6 is 0 Å². The summed E-state index contributed by atoms with van der Waals surface area (Å²) in [6, 6.07) is 0. The number of rotatable bonds is 6. The van der Waals surface area contributed by atoms with Gasteiger partial charge in [-0.25, -0.2) is 8.42 Å². The highest BCUT2D eigenvalue weighted by Crippen LogP contribution is 2.24. The molecular weight excluding hydrogens is 228 g/mol. The van der Waals surface area contributed by atoms with E-state index in [-0.39, 0.29) is 24.0 Å². The van der Waals surface area contributed by atoms with E-state index in [1.54, 1.807) is 0 Å². The number of nitrogens with zero attached hydrogens (tertiary/aromatic N) is 1. The molecule has 0 unspecified atom stereocenters. The molecule has 1 aliphatic rings. The number of sulfonamides is 1. The van der Waals surface area contributed by atoms with E-state index in [2.05, 4.69) is 0 Å². The average molecular weight is 250 g/mol. The van der Waals surface area contributed by atoms with Gasteiger partial charge in [-0.2, -0.15) is 4.31 Å². The van der Waals surface area contributed by atoms with E-state index in [1.165, 1.54) is 4.31 Å². The van der Waals surface area contributed by atoms with Crippen LogP contribution in [0.3, 0.4) is 0 Å². The largest absolute Gasteiger partial charge is 0.378 e. The van der Waals surface area contributed by atoms with Crippen molar-refractivity contribution >= 4 is 10.0 Å². The summed E-state index contributed by atoms with van der Waals surface area (Å²) in [5, 5.41) is 0. The molecule has 0 aliphatic carbocycles. The van der Waals surface area contributed by atoms with Crippen LogP contribution in [0.4, 0.5) is 0 Å². The van der Waals surface area contributed by atoms with E-state index in [0.717, 1.165) is 6.42 Å². The Morgan fingerprint density at radius 1 is 1.44 bits per heavy atom. The van der Waals surface area contributed by atoms with Gasteiger partial charge in [0.25, 0.3) is 0 Å². The van der Waals surface area contributed by atoms with Gasteiger partial charge in [-0.15, -0.1) is 0 Å². The van der Waals surface area contributed by atoms with Gasteiger partial charge in [-0.3, -0.25) is 0 Å². The van der Waals surface area contributed by atoms with Crippen LogP contribution in [0.2, 0.25) is 0 Å². The Hall–Kier alpha value is -0.170. The number of nitrogens with two attached hydrogens (primary N) is 1. The minimum atomic E-state index is -3.17. The fraction of sp³-hybridized carbons (Fsp3) is 1.00. The van der Waals surface area contributed by atoms with Crippen molar-refractivity contribution in [3.63, 3.8) is 0 Å². The molecular formula is C10H22N2O3S. The molecule has 0 aromatic heterocycles. The Labute approximate surface area is 98.0 Å². The Morgan fingerprint density at radius 2 is 2.00 bits per heavy atom. The van der Waals surface area contributed by atoms with E-state index < -0.39 is 10.0 Å². The fourth-order valence-corrected chi connectivity index (χ4v) is 3.07. The number of hydrogen-bond donors (Lipinski definition) is 1. The summed E-state index contributed by atoms with van der Waals surface area (Å²) in [7, 11) is -3.17. The molecule has 0 amide bonds. The first-order chi connectivity index (χ1) is 7.29. The van der Waals surface area contributed by atoms with Crippen LogP contribution in [0, 0.1) is 0 Å². The van der Waals surface area contributed by atoms with Gasteiger partial charge >= 0.3 is 0 Å². The predicted octanol–water partition coefficient (Wildman–Crippen LogP) is 0.164. The van der Waals surface area contributed by atoms with Crippen molar-refractivity contribution in [3.05, 3.63) is 0 Å². The Bertz CT molecular complexity index is 321. The lowest BCUT2D eigenvalue weighted by molar-refractivity contribution is 0.0889. The maximum absolute atomic E-state index is 11.8. The zero-order valence-electron chi connectivity index (χ0n) is 10.3. The second kappa shape index (κ2) is 5.00. The minimum Gasteiger partial charge on any atom is -0.378 e. The molecule has 0 aromatic carbocycles. The molecule has 1 saturated heterocycles. The highest BCUT2D eigenvalue weighted by Gasteiger charge is 2.43. The summed E-state index contributed by atoms with van der Waals surface area (Å²) < 4.78 is 30.3. The van der Waals surface area contributed by atoms with Crippen LogP contribution in [0.1, 0.15) is 27.2 Å². The monoisotopic (exact) mass is 250 g/mol. The molecule has 96 valence electrons. The maximum atomic E-state index is 11.8. The molecule has 1 rings (SSSR count). The van der Waals surface area contributed by atoms with Gasteiger partial charge in [0.1, 0.15) is 0 Å². The molecule has 0 aromatic rings. The molecule has 6 heteroatoms. The van der Waals surface area contributed by atoms with Gasteiger partial charge in [0, 0.05) is 18.6 Å². The van der Waals surface area contributed by atoms with Crippen molar-refractivity contribution in [2.75, 3.05) is 25.4 Å². The highest BCUT2D eigenvalue weighted by molar-refractivity contribution is 7.89. The molecule has 0 spiro atoms. The fourth-order valence-electron chi connectivity index (χ4n) is 1.59. The number of ether oxygens (including phenoxy) is 1. The predicted molar refractivity (Wildman–Crippen MR) is 63.7 cm³/mol. The van der Waals surface area contributed by atoms with E-state index in [4.69, 9.17) is 10.5 Å². The van der Waals surface area contributed by atoms with Gasteiger partial charge in [0.05, 0.1) is 18.5 Å². The smallest absolute Gasteiger partial charge is 0.216 e. The molecule has 5 nitrogen and oxygen atoms in total. The molecule has 1 aliphatic heterocycles. The molecule has 0 bridgehead atoms. The highest BCUT2D eigenvalue weighted by atomic mass is 32.2. The van der Waals surface area contributed by atoms with Crippen LogP contribution in [0.15, 0.2) is 0 Å². The summed E-state index contributed by atoms with van der Waals surface area (Å²) in [6.45, 7) is 6.88. The maximum Gasteiger partial charge on any atom is 0.216 e. The molecule has 0 saturated carbocycles. The minimum absolute atomic E-state index is 0.0466. The van der Waals surface area contributed by atoms with Crippen molar-refractivity contribution < 1.29 is 13.2 Å². The van der Waals surface area contributed by atoms with Crippen molar-refractivity contribution in [1.29, 1.82) is 0 Å². The van der Waals surface area contributed by atoms with Crippen molar-refractivity contribution in [1.82, 2.24) is 4.31 Å². The van der Waals surface area contributed by atoms with Crippen LogP contribution in [0.5, 0.6) is 0 Å². The van der Waals surface area contributed by atoms with E-state index in [0.29, 0.717) is 13.1 Å². The third-order valence-corrected chi connectivity index (χ3v) is 4.60. The zero-order valence-corrected chi connectivity index (χ0v) is 11.1. The Morgan fingerprint density at radius 3 is 2.44 bits per heavy atom. The third-order valence-electron chi connectivity index (χ3n) is 2.87. The topological polar surface area (TPSA) is 72.6 Å². The van der Waals surface area contributed by atoms with Crippen molar-refractivity contribution in [3.8, 4) is 0 Å². The van der Waals surface area contributed by atoms with Crippen molar-refractivity contribution in [2.24, 2.45) is 5.73 Å². The summed E-state index contributed by atoms with van der Waals surface area (Å²) in [6.07, 6.45) is 0.873. The van der Waals surface area contributed by atoms with Gasteiger partial charge in [-0.1, -0.05) is 6.92 Å². The van der Waals surface area contributed by atoms with E-state index in [9.17, 15) is 8.42 Å².